The molecule has 0 aliphatic rings. The van der Waals surface area contributed by atoms with Gasteiger partial charge in [0.25, 0.3) is 0 Å². The number of hydrogen-bond acceptors (Lipinski definition) is 4. The van der Waals surface area contributed by atoms with Crippen molar-refractivity contribution in [2.24, 2.45) is 0 Å². The molecule has 0 bridgehead atoms. The summed E-state index contributed by atoms with van der Waals surface area (Å²) in [5.41, 5.74) is 0.458. The fourth-order valence-electron chi connectivity index (χ4n) is 1.70. The lowest BCUT2D eigenvalue weighted by Gasteiger charge is -2.18. The second kappa shape index (κ2) is 5.00. The minimum Gasteiger partial charge on any atom is -0.623 e. The third kappa shape index (κ3) is 2.82. The lowest BCUT2D eigenvalue weighted by Crippen LogP contribution is -2.29. The topological polar surface area (TPSA) is 68.4 Å². The lowest BCUT2D eigenvalue weighted by atomic mass is 10.1. The van der Waals surface area contributed by atoms with Crippen LogP contribution < -0.4 is 4.74 Å². The molecule has 0 fully saturated rings. The normalized spacial score (nSPS) is 12.7. The largest absolute Gasteiger partial charge is 0.623 e. The highest BCUT2D eigenvalue weighted by Gasteiger charge is 2.19. The molecule has 1 heterocycles. The van der Waals surface area contributed by atoms with E-state index in [4.69, 9.17) is 4.74 Å². The minimum atomic E-state index is -0.574. The molecule has 20 heavy (non-hydrogen) atoms. The fourth-order valence-corrected chi connectivity index (χ4v) is 1.70. The van der Waals surface area contributed by atoms with E-state index in [-0.39, 0.29) is 5.88 Å². The average molecular weight is 274 g/mol. The Morgan fingerprint density at radius 1 is 1.30 bits per heavy atom. The maximum Gasteiger partial charge on any atom is 0.225 e. The van der Waals surface area contributed by atoms with Crippen LogP contribution in [0, 0.1) is 5.21 Å². The van der Waals surface area contributed by atoms with Gasteiger partial charge in [-0.1, -0.05) is 0 Å². The number of aromatic nitrogens is 1. The number of fused-ring (bicyclic) bond motifs is 1. The number of benzene rings is 1. The van der Waals surface area contributed by atoms with Gasteiger partial charge in [-0.2, -0.15) is 0 Å². The Balaban J connectivity index is 2.57. The van der Waals surface area contributed by atoms with Crippen molar-refractivity contribution in [1.82, 2.24) is 4.98 Å². The summed E-state index contributed by atoms with van der Waals surface area (Å²) in [6, 6.07) is 7.06. The van der Waals surface area contributed by atoms with Crippen LogP contribution in [0.4, 0.5) is 0 Å². The molecule has 1 aromatic carbocycles. The summed E-state index contributed by atoms with van der Waals surface area (Å²) >= 11 is 0. The first-order chi connectivity index (χ1) is 9.31. The highest BCUT2D eigenvalue weighted by Crippen LogP contribution is 2.24. The van der Waals surface area contributed by atoms with Crippen molar-refractivity contribution in [2.45, 2.75) is 26.3 Å². The predicted molar refractivity (Wildman–Crippen MR) is 78.5 cm³/mol. The molecule has 1 aromatic heterocycles. The van der Waals surface area contributed by atoms with Crippen LogP contribution >= 0.6 is 0 Å². The molecular weight excluding hydrogens is 256 g/mol. The molecule has 5 nitrogen and oxygen atoms in total. The van der Waals surface area contributed by atoms with E-state index >= 15 is 0 Å². The van der Waals surface area contributed by atoms with Crippen LogP contribution in [-0.2, 0) is 0 Å². The van der Waals surface area contributed by atoms with Crippen LogP contribution in [0.3, 0.4) is 0 Å². The molecule has 0 aliphatic heterocycles. The molecule has 0 amide bonds. The van der Waals surface area contributed by atoms with E-state index in [1.807, 2.05) is 6.07 Å². The molecular formula is C15H18N2O3. The summed E-state index contributed by atoms with van der Waals surface area (Å²) in [5, 5.41) is 22.7. The van der Waals surface area contributed by atoms with Crippen LogP contribution in [0.25, 0.3) is 10.9 Å². The van der Waals surface area contributed by atoms with Crippen molar-refractivity contribution in [2.75, 3.05) is 7.11 Å². The molecule has 106 valence electrons. The number of pyridine rings is 1. The van der Waals surface area contributed by atoms with Gasteiger partial charge in [-0.05, 0) is 24.3 Å². The van der Waals surface area contributed by atoms with E-state index in [1.165, 1.54) is 6.21 Å². The highest BCUT2D eigenvalue weighted by atomic mass is 16.5. The third-order valence-corrected chi connectivity index (χ3v) is 2.95. The Morgan fingerprint density at radius 2 is 2.00 bits per heavy atom. The molecule has 5 heteroatoms. The van der Waals surface area contributed by atoms with Crippen LogP contribution in [-0.4, -0.2) is 33.7 Å². The predicted octanol–water partition coefficient (Wildman–Crippen LogP) is 2.68. The van der Waals surface area contributed by atoms with Crippen LogP contribution in [0.2, 0.25) is 0 Å². The van der Waals surface area contributed by atoms with Crippen molar-refractivity contribution in [3.63, 3.8) is 0 Å². The minimum absolute atomic E-state index is 0.159. The number of methoxy groups -OCH3 is 1. The summed E-state index contributed by atoms with van der Waals surface area (Å²) in [7, 11) is 1.58. The van der Waals surface area contributed by atoms with Crippen LogP contribution in [0.1, 0.15) is 26.3 Å². The zero-order valence-electron chi connectivity index (χ0n) is 12.0. The Bertz CT molecular complexity index is 673. The molecule has 0 unspecified atom stereocenters. The number of ether oxygens (including phenoxy) is 1. The first-order valence-electron chi connectivity index (χ1n) is 6.30. The van der Waals surface area contributed by atoms with E-state index in [0.717, 1.165) is 10.1 Å². The standard InChI is InChI=1S/C15H18N2O3/c1-15(2,3)17(19)9-11-7-10-8-12(20-4)5-6-13(10)16-14(11)18/h5-9H,1-4H3,(H,16,18)/b17-9-. The monoisotopic (exact) mass is 274 g/mol. The van der Waals surface area contributed by atoms with Gasteiger partial charge in [0.2, 0.25) is 5.88 Å². The van der Waals surface area contributed by atoms with Gasteiger partial charge in [0.15, 0.2) is 11.8 Å². The van der Waals surface area contributed by atoms with E-state index in [1.54, 1.807) is 46.1 Å². The smallest absolute Gasteiger partial charge is 0.225 e. The Kier molecular flexibility index (Phi) is 3.53. The van der Waals surface area contributed by atoms with Crippen LogP contribution in [0.15, 0.2) is 24.3 Å². The quantitative estimate of drug-likeness (QED) is 0.395. The number of hydrogen-bond donors (Lipinski definition) is 1. The molecule has 0 atom stereocenters. The average Bonchev–Trinajstić information content (AvgIpc) is 2.38. The van der Waals surface area contributed by atoms with Gasteiger partial charge in [0.05, 0.1) is 12.6 Å². The summed E-state index contributed by atoms with van der Waals surface area (Å²) in [6.07, 6.45) is 1.35. The molecule has 0 spiro atoms. The van der Waals surface area contributed by atoms with E-state index < -0.39 is 5.54 Å². The van der Waals surface area contributed by atoms with E-state index in [0.29, 0.717) is 16.8 Å². The van der Waals surface area contributed by atoms with Gasteiger partial charge in [-0.3, -0.25) is 0 Å². The molecule has 2 rings (SSSR count). The summed E-state index contributed by atoms with van der Waals surface area (Å²) in [4.78, 5) is 4.09. The van der Waals surface area contributed by atoms with Gasteiger partial charge in [0.1, 0.15) is 11.3 Å². The van der Waals surface area contributed by atoms with Crippen molar-refractivity contribution in [1.29, 1.82) is 0 Å². The maximum atomic E-state index is 11.9. The zero-order valence-corrected chi connectivity index (χ0v) is 12.0. The first kappa shape index (κ1) is 14.1. The molecule has 0 aliphatic carbocycles. The van der Waals surface area contributed by atoms with Crippen molar-refractivity contribution >= 4 is 17.1 Å². The second-order valence-electron chi connectivity index (χ2n) is 5.59. The van der Waals surface area contributed by atoms with E-state index in [9.17, 15) is 10.3 Å². The molecule has 1 N–H and O–H groups in total. The zero-order chi connectivity index (χ0) is 14.9. The fraction of sp³-hybridized carbons (Fsp3) is 0.333. The first-order valence-corrected chi connectivity index (χ1v) is 6.30. The number of nitrogens with zero attached hydrogens (tertiary/aromatic N) is 2. The molecule has 0 radical (unpaired) electrons. The Hall–Kier alpha value is -2.30. The van der Waals surface area contributed by atoms with Gasteiger partial charge >= 0.3 is 0 Å². The van der Waals surface area contributed by atoms with Crippen LogP contribution in [0.5, 0.6) is 11.6 Å². The van der Waals surface area contributed by atoms with Gasteiger partial charge in [-0.25, -0.2) is 9.72 Å². The van der Waals surface area contributed by atoms with Crippen molar-refractivity contribution in [3.8, 4) is 11.6 Å². The van der Waals surface area contributed by atoms with Gasteiger partial charge in [-0.15, -0.1) is 0 Å². The summed E-state index contributed by atoms with van der Waals surface area (Å²) in [5.74, 6) is 0.540. The summed E-state index contributed by atoms with van der Waals surface area (Å²) in [6.45, 7) is 5.39. The second-order valence-corrected chi connectivity index (χ2v) is 5.59. The number of rotatable bonds is 2. The Labute approximate surface area is 117 Å². The SMILES string of the molecule is COc1ccc2nc(O)c(/C=[N+](\[O-])C(C)(C)C)cc2c1. The summed E-state index contributed by atoms with van der Waals surface area (Å²) < 4.78 is 5.96. The maximum absolute atomic E-state index is 11.9. The van der Waals surface area contributed by atoms with Crippen molar-refractivity contribution < 1.29 is 14.6 Å². The molecule has 0 saturated carbocycles. The lowest BCUT2D eigenvalue weighted by molar-refractivity contribution is -0.530. The Morgan fingerprint density at radius 3 is 2.60 bits per heavy atom. The third-order valence-electron chi connectivity index (χ3n) is 2.95. The van der Waals surface area contributed by atoms with Gasteiger partial charge < -0.3 is 15.1 Å². The highest BCUT2D eigenvalue weighted by molar-refractivity contribution is 5.89. The van der Waals surface area contributed by atoms with Crippen molar-refractivity contribution in [3.05, 3.63) is 35.0 Å². The number of aromatic hydroxyl groups is 1. The van der Waals surface area contributed by atoms with E-state index in [2.05, 4.69) is 4.98 Å². The molecule has 2 aromatic rings. The van der Waals surface area contributed by atoms with Gasteiger partial charge in [0, 0.05) is 26.2 Å². The molecule has 0 saturated heterocycles. The number of hydroxylamine groups is 1.